The summed E-state index contributed by atoms with van der Waals surface area (Å²) in [6.45, 7) is 1.90. The largest absolute Gasteiger partial charge is 0.447 e. The van der Waals surface area contributed by atoms with Gasteiger partial charge in [-0.2, -0.15) is 8.42 Å². The minimum atomic E-state index is -4.19. The van der Waals surface area contributed by atoms with Crippen molar-refractivity contribution in [2.45, 2.75) is 26.2 Å². The average Bonchev–Trinajstić information content (AvgIpc) is 1.95. The molecule has 0 aliphatic rings. The van der Waals surface area contributed by atoms with Gasteiger partial charge in [-0.1, -0.05) is 13.3 Å². The molecule has 0 aromatic carbocycles. The summed E-state index contributed by atoms with van der Waals surface area (Å²) in [5.74, 6) is -1.55. The maximum Gasteiger partial charge on any atom is 0.306 e. The SMILES string of the molecule is CCCCC(=O)OCS(=O)(=O)O.[K]. The van der Waals surface area contributed by atoms with E-state index >= 15 is 0 Å². The summed E-state index contributed by atoms with van der Waals surface area (Å²) in [5.41, 5.74) is 0. The van der Waals surface area contributed by atoms with Gasteiger partial charge in [-0.3, -0.25) is 9.35 Å². The third-order valence-electron chi connectivity index (χ3n) is 1.10. The van der Waals surface area contributed by atoms with Crippen LogP contribution in [0.5, 0.6) is 0 Å². The first-order chi connectivity index (χ1) is 5.45. The summed E-state index contributed by atoms with van der Waals surface area (Å²) >= 11 is 0. The van der Waals surface area contributed by atoms with Crippen LogP contribution in [0, 0.1) is 0 Å². The van der Waals surface area contributed by atoms with Crippen LogP contribution in [0.25, 0.3) is 0 Å². The third-order valence-corrected chi connectivity index (χ3v) is 1.52. The van der Waals surface area contributed by atoms with E-state index in [1.54, 1.807) is 0 Å². The Hall–Kier alpha value is 1.02. The van der Waals surface area contributed by atoms with E-state index in [0.29, 0.717) is 6.42 Å². The van der Waals surface area contributed by atoms with Crippen molar-refractivity contribution < 1.29 is 22.5 Å². The molecule has 0 unspecified atom stereocenters. The van der Waals surface area contributed by atoms with Crippen molar-refractivity contribution in [1.29, 1.82) is 0 Å². The Morgan fingerprint density at radius 1 is 1.46 bits per heavy atom. The zero-order chi connectivity index (χ0) is 9.61. The second-order valence-electron chi connectivity index (χ2n) is 2.32. The molecule has 1 N–H and O–H groups in total. The van der Waals surface area contributed by atoms with Crippen molar-refractivity contribution in [3.8, 4) is 0 Å². The summed E-state index contributed by atoms with van der Waals surface area (Å²) in [7, 11) is -4.19. The molecule has 0 heterocycles. The normalized spacial score (nSPS) is 10.3. The Balaban J connectivity index is 0. The predicted octanol–water partition coefficient (Wildman–Crippen LogP) is 0.184. The molecule has 0 aromatic rings. The number of rotatable bonds is 5. The maximum atomic E-state index is 10.7. The van der Waals surface area contributed by atoms with Crippen LogP contribution in [0.15, 0.2) is 0 Å². The van der Waals surface area contributed by atoms with Crippen LogP contribution in [0.2, 0.25) is 0 Å². The Morgan fingerprint density at radius 2 is 2.00 bits per heavy atom. The quantitative estimate of drug-likeness (QED) is 0.418. The van der Waals surface area contributed by atoms with Gasteiger partial charge in [0.1, 0.15) is 0 Å². The zero-order valence-corrected chi connectivity index (χ0v) is 11.8. The van der Waals surface area contributed by atoms with Crippen LogP contribution < -0.4 is 0 Å². The first-order valence-corrected chi connectivity index (χ1v) is 5.17. The van der Waals surface area contributed by atoms with Gasteiger partial charge in [0.05, 0.1) is 0 Å². The molecule has 0 aliphatic heterocycles. The summed E-state index contributed by atoms with van der Waals surface area (Å²) < 4.78 is 32.6. The molecule has 0 spiro atoms. The molecule has 0 bridgehead atoms. The fourth-order valence-electron chi connectivity index (χ4n) is 0.533. The van der Waals surface area contributed by atoms with E-state index in [-0.39, 0.29) is 57.8 Å². The van der Waals surface area contributed by atoms with Crippen molar-refractivity contribution in [2.24, 2.45) is 0 Å². The average molecular weight is 235 g/mol. The van der Waals surface area contributed by atoms with E-state index in [1.165, 1.54) is 0 Å². The number of ether oxygens (including phenoxy) is 1. The van der Waals surface area contributed by atoms with Gasteiger partial charge < -0.3 is 4.74 Å². The van der Waals surface area contributed by atoms with E-state index < -0.39 is 22.0 Å². The molecule has 1 radical (unpaired) electrons. The Bertz CT molecular complexity index is 235. The molecular formula is C6H12KO5S. The predicted molar refractivity (Wildman–Crippen MR) is 47.8 cm³/mol. The van der Waals surface area contributed by atoms with E-state index in [9.17, 15) is 13.2 Å². The van der Waals surface area contributed by atoms with Gasteiger partial charge >= 0.3 is 16.1 Å². The van der Waals surface area contributed by atoms with Crippen molar-refractivity contribution >= 4 is 67.5 Å². The Labute approximate surface area is 120 Å². The van der Waals surface area contributed by atoms with Crippen LogP contribution in [0.4, 0.5) is 0 Å². The summed E-state index contributed by atoms with van der Waals surface area (Å²) in [4.78, 5) is 10.7. The van der Waals surface area contributed by atoms with Gasteiger partial charge in [0, 0.05) is 57.8 Å². The van der Waals surface area contributed by atoms with E-state index in [2.05, 4.69) is 4.74 Å². The molecule has 0 atom stereocenters. The minimum Gasteiger partial charge on any atom is -0.447 e. The standard InChI is InChI=1S/C6H12O5S.K/c1-2-3-4-6(7)11-5-12(8,9)10;/h2-5H2,1H3,(H,8,9,10);. The fourth-order valence-corrected chi connectivity index (χ4v) is 0.814. The fraction of sp³-hybridized carbons (Fsp3) is 0.833. The third kappa shape index (κ3) is 13.0. The summed E-state index contributed by atoms with van der Waals surface area (Å²) in [6.07, 6.45) is 1.68. The van der Waals surface area contributed by atoms with E-state index in [0.717, 1.165) is 6.42 Å². The summed E-state index contributed by atoms with van der Waals surface area (Å²) in [6, 6.07) is 0. The van der Waals surface area contributed by atoms with Crippen molar-refractivity contribution in [1.82, 2.24) is 0 Å². The number of hydrogen-bond donors (Lipinski definition) is 1. The van der Waals surface area contributed by atoms with Crippen LogP contribution in [-0.2, 0) is 19.6 Å². The van der Waals surface area contributed by atoms with Crippen molar-refractivity contribution in [2.75, 3.05) is 5.94 Å². The molecule has 0 rings (SSSR count). The van der Waals surface area contributed by atoms with Gasteiger partial charge in [-0.15, -0.1) is 0 Å². The van der Waals surface area contributed by atoms with Crippen molar-refractivity contribution in [3.05, 3.63) is 0 Å². The van der Waals surface area contributed by atoms with Gasteiger partial charge in [0.15, 0.2) is 0 Å². The maximum absolute atomic E-state index is 10.7. The number of hydrogen-bond acceptors (Lipinski definition) is 4. The molecule has 0 amide bonds. The molecule has 7 heteroatoms. The molecule has 73 valence electrons. The first-order valence-electron chi connectivity index (χ1n) is 3.56. The topological polar surface area (TPSA) is 80.7 Å². The second-order valence-corrected chi connectivity index (χ2v) is 3.72. The smallest absolute Gasteiger partial charge is 0.306 e. The van der Waals surface area contributed by atoms with Gasteiger partial charge in [-0.05, 0) is 6.42 Å². The van der Waals surface area contributed by atoms with Crippen LogP contribution in [0.1, 0.15) is 26.2 Å². The van der Waals surface area contributed by atoms with Crippen molar-refractivity contribution in [3.63, 3.8) is 0 Å². The number of carbonyl (C=O) groups excluding carboxylic acids is 1. The molecule has 0 saturated heterocycles. The molecule has 0 fully saturated rings. The van der Waals surface area contributed by atoms with E-state index in [4.69, 9.17) is 4.55 Å². The van der Waals surface area contributed by atoms with Crippen LogP contribution in [-0.4, -0.2) is 76.3 Å². The number of carbonyl (C=O) groups is 1. The Morgan fingerprint density at radius 3 is 2.38 bits per heavy atom. The molecular weight excluding hydrogens is 223 g/mol. The molecule has 5 nitrogen and oxygen atoms in total. The minimum absolute atomic E-state index is 0. The van der Waals surface area contributed by atoms with Crippen LogP contribution in [0.3, 0.4) is 0 Å². The number of unbranched alkanes of at least 4 members (excludes halogenated alkanes) is 1. The molecule has 0 aromatic heterocycles. The second kappa shape index (κ2) is 8.34. The summed E-state index contributed by atoms with van der Waals surface area (Å²) in [5, 5.41) is 0. The Kier molecular flexibility index (Phi) is 10.5. The van der Waals surface area contributed by atoms with Gasteiger partial charge in [0.2, 0.25) is 5.94 Å². The first kappa shape index (κ1) is 16.4. The van der Waals surface area contributed by atoms with Gasteiger partial charge in [-0.25, -0.2) is 0 Å². The monoisotopic (exact) mass is 235 g/mol. The number of esters is 1. The van der Waals surface area contributed by atoms with Gasteiger partial charge in [0.25, 0.3) is 0 Å². The van der Waals surface area contributed by atoms with Crippen LogP contribution >= 0.6 is 0 Å². The van der Waals surface area contributed by atoms with E-state index in [1.807, 2.05) is 6.92 Å². The molecule has 0 aliphatic carbocycles. The molecule has 0 saturated carbocycles. The zero-order valence-electron chi connectivity index (χ0n) is 7.82. The molecule has 13 heavy (non-hydrogen) atoms.